The summed E-state index contributed by atoms with van der Waals surface area (Å²) in [4.78, 5) is 0.524. The first-order valence-electron chi connectivity index (χ1n) is 5.59. The van der Waals surface area contributed by atoms with Gasteiger partial charge in [0.2, 0.25) is 0 Å². The van der Waals surface area contributed by atoms with Crippen molar-refractivity contribution in [3.05, 3.63) is 30.0 Å². The normalized spacial score (nSPS) is 10.7. The summed E-state index contributed by atoms with van der Waals surface area (Å²) in [6, 6.07) is 6.07. The summed E-state index contributed by atoms with van der Waals surface area (Å²) < 4.78 is 7.43. The molecular formula is C13H16N2OS. The standard InChI is InChI=1S/C13H16N2OS/c1-3-15-8-9(6-13(14)17)11-5-4-10(16-2)7-12(11)15/h4-5,7-8H,3,6H2,1-2H3,(H2,14,17). The third kappa shape index (κ3) is 2.26. The Balaban J connectivity index is 2.59. The number of benzene rings is 1. The highest BCUT2D eigenvalue weighted by Crippen LogP contribution is 2.26. The molecule has 3 nitrogen and oxygen atoms in total. The van der Waals surface area contributed by atoms with E-state index in [1.165, 1.54) is 10.9 Å². The Morgan fingerprint density at radius 1 is 1.47 bits per heavy atom. The van der Waals surface area contributed by atoms with Crippen LogP contribution in [0.5, 0.6) is 5.75 Å². The molecule has 0 atom stereocenters. The molecule has 4 heteroatoms. The maximum atomic E-state index is 5.62. The summed E-state index contributed by atoms with van der Waals surface area (Å²) in [6.07, 6.45) is 2.76. The van der Waals surface area contributed by atoms with Gasteiger partial charge >= 0.3 is 0 Å². The Hall–Kier alpha value is -1.55. The second kappa shape index (κ2) is 4.75. The molecular weight excluding hydrogens is 232 g/mol. The van der Waals surface area contributed by atoms with E-state index in [-0.39, 0.29) is 0 Å². The molecule has 2 aromatic rings. The molecule has 2 N–H and O–H groups in total. The van der Waals surface area contributed by atoms with E-state index < -0.39 is 0 Å². The highest BCUT2D eigenvalue weighted by Gasteiger charge is 2.09. The monoisotopic (exact) mass is 248 g/mol. The lowest BCUT2D eigenvalue weighted by atomic mass is 10.1. The molecule has 0 unspecified atom stereocenters. The van der Waals surface area contributed by atoms with Crippen molar-refractivity contribution >= 4 is 28.1 Å². The first-order chi connectivity index (χ1) is 8.15. The Morgan fingerprint density at radius 3 is 2.82 bits per heavy atom. The molecule has 1 heterocycles. The van der Waals surface area contributed by atoms with Gasteiger partial charge in [0.05, 0.1) is 17.6 Å². The predicted octanol–water partition coefficient (Wildman–Crippen LogP) is 2.50. The Labute approximate surface area is 106 Å². The summed E-state index contributed by atoms with van der Waals surface area (Å²) >= 11 is 4.98. The molecule has 0 amide bonds. The number of ether oxygens (including phenoxy) is 1. The van der Waals surface area contributed by atoms with Crippen LogP contribution in [-0.2, 0) is 13.0 Å². The molecule has 0 spiro atoms. The van der Waals surface area contributed by atoms with Crippen molar-refractivity contribution in [2.75, 3.05) is 7.11 Å². The van der Waals surface area contributed by atoms with Crippen molar-refractivity contribution in [3.63, 3.8) is 0 Å². The van der Waals surface area contributed by atoms with Gasteiger partial charge in [0.15, 0.2) is 0 Å². The van der Waals surface area contributed by atoms with Crippen molar-refractivity contribution in [2.45, 2.75) is 19.9 Å². The molecule has 0 aliphatic carbocycles. The number of nitrogens with zero attached hydrogens (tertiary/aromatic N) is 1. The number of methoxy groups -OCH3 is 1. The first kappa shape index (κ1) is 11.9. The zero-order chi connectivity index (χ0) is 12.4. The smallest absolute Gasteiger partial charge is 0.120 e. The Bertz CT molecular complexity index is 560. The van der Waals surface area contributed by atoms with Gasteiger partial charge in [-0.1, -0.05) is 12.2 Å². The predicted molar refractivity (Wildman–Crippen MR) is 74.7 cm³/mol. The molecule has 0 aliphatic rings. The van der Waals surface area contributed by atoms with E-state index in [0.717, 1.165) is 17.8 Å². The number of hydrogen-bond acceptors (Lipinski definition) is 2. The van der Waals surface area contributed by atoms with Crippen LogP contribution in [0.4, 0.5) is 0 Å². The average Bonchev–Trinajstić information content (AvgIpc) is 2.66. The summed E-state index contributed by atoms with van der Waals surface area (Å²) in [6.45, 7) is 3.03. The van der Waals surface area contributed by atoms with E-state index in [9.17, 15) is 0 Å². The number of thiocarbonyl (C=S) groups is 1. The van der Waals surface area contributed by atoms with Crippen LogP contribution < -0.4 is 10.5 Å². The van der Waals surface area contributed by atoms with E-state index in [1.54, 1.807) is 7.11 Å². The average molecular weight is 248 g/mol. The third-order valence-electron chi connectivity index (χ3n) is 2.88. The zero-order valence-electron chi connectivity index (χ0n) is 10.1. The maximum absolute atomic E-state index is 5.62. The van der Waals surface area contributed by atoms with E-state index >= 15 is 0 Å². The number of rotatable bonds is 4. The van der Waals surface area contributed by atoms with Crippen molar-refractivity contribution in [1.29, 1.82) is 0 Å². The van der Waals surface area contributed by atoms with Crippen molar-refractivity contribution in [2.24, 2.45) is 5.73 Å². The van der Waals surface area contributed by atoms with E-state index in [0.29, 0.717) is 11.4 Å². The quantitative estimate of drug-likeness (QED) is 0.845. The summed E-state index contributed by atoms with van der Waals surface area (Å²) in [5.74, 6) is 0.868. The summed E-state index contributed by atoms with van der Waals surface area (Å²) in [5.41, 5.74) is 7.96. The minimum Gasteiger partial charge on any atom is -0.497 e. The van der Waals surface area contributed by atoms with Gasteiger partial charge in [-0.25, -0.2) is 0 Å². The van der Waals surface area contributed by atoms with Crippen molar-refractivity contribution in [3.8, 4) is 5.75 Å². The van der Waals surface area contributed by atoms with Crippen LogP contribution in [0.2, 0.25) is 0 Å². The van der Waals surface area contributed by atoms with Crippen LogP contribution in [0, 0.1) is 0 Å². The van der Waals surface area contributed by atoms with Gasteiger partial charge in [0, 0.05) is 30.6 Å². The van der Waals surface area contributed by atoms with Crippen LogP contribution >= 0.6 is 12.2 Å². The summed E-state index contributed by atoms with van der Waals surface area (Å²) in [5, 5.41) is 1.19. The molecule has 0 aliphatic heterocycles. The van der Waals surface area contributed by atoms with E-state index in [2.05, 4.69) is 23.8 Å². The second-order valence-electron chi connectivity index (χ2n) is 3.97. The number of aromatic nitrogens is 1. The molecule has 0 radical (unpaired) electrons. The van der Waals surface area contributed by atoms with Gasteiger partial charge in [-0.15, -0.1) is 0 Å². The molecule has 1 aromatic carbocycles. The number of fused-ring (bicyclic) bond motifs is 1. The lowest BCUT2D eigenvalue weighted by Crippen LogP contribution is -2.10. The van der Waals surface area contributed by atoms with Crippen LogP contribution in [0.1, 0.15) is 12.5 Å². The zero-order valence-corrected chi connectivity index (χ0v) is 10.9. The van der Waals surface area contributed by atoms with Gasteiger partial charge in [-0.05, 0) is 24.6 Å². The lowest BCUT2D eigenvalue weighted by Gasteiger charge is -2.03. The van der Waals surface area contributed by atoms with Gasteiger partial charge < -0.3 is 15.0 Å². The first-order valence-corrected chi connectivity index (χ1v) is 6.00. The van der Waals surface area contributed by atoms with E-state index in [1.807, 2.05) is 12.1 Å². The molecule has 0 bridgehead atoms. The maximum Gasteiger partial charge on any atom is 0.120 e. The molecule has 0 saturated heterocycles. The molecule has 0 saturated carbocycles. The number of hydrogen-bond donors (Lipinski definition) is 1. The fourth-order valence-electron chi connectivity index (χ4n) is 2.06. The third-order valence-corrected chi connectivity index (χ3v) is 3.02. The van der Waals surface area contributed by atoms with Crippen LogP contribution in [-0.4, -0.2) is 16.7 Å². The molecule has 17 heavy (non-hydrogen) atoms. The molecule has 1 aromatic heterocycles. The summed E-state index contributed by atoms with van der Waals surface area (Å²) in [7, 11) is 1.68. The Morgan fingerprint density at radius 2 is 2.24 bits per heavy atom. The molecule has 0 fully saturated rings. The fraction of sp³-hybridized carbons (Fsp3) is 0.308. The molecule has 90 valence electrons. The molecule has 2 rings (SSSR count). The van der Waals surface area contributed by atoms with Crippen molar-refractivity contribution < 1.29 is 4.74 Å². The van der Waals surface area contributed by atoms with Gasteiger partial charge in [-0.2, -0.15) is 0 Å². The SMILES string of the molecule is CCn1cc(CC(N)=S)c2ccc(OC)cc21. The lowest BCUT2D eigenvalue weighted by molar-refractivity contribution is 0.415. The number of aryl methyl sites for hydroxylation is 1. The van der Waals surface area contributed by atoms with Gasteiger partial charge in [0.25, 0.3) is 0 Å². The van der Waals surface area contributed by atoms with Crippen LogP contribution in [0.15, 0.2) is 24.4 Å². The van der Waals surface area contributed by atoms with Gasteiger partial charge in [-0.3, -0.25) is 0 Å². The highest BCUT2D eigenvalue weighted by atomic mass is 32.1. The van der Waals surface area contributed by atoms with Gasteiger partial charge in [0.1, 0.15) is 5.75 Å². The van der Waals surface area contributed by atoms with Crippen molar-refractivity contribution in [1.82, 2.24) is 4.57 Å². The minimum absolute atomic E-state index is 0.524. The fourth-order valence-corrected chi connectivity index (χ4v) is 2.22. The Kier molecular flexibility index (Phi) is 3.33. The van der Waals surface area contributed by atoms with Crippen LogP contribution in [0.25, 0.3) is 10.9 Å². The largest absolute Gasteiger partial charge is 0.497 e. The van der Waals surface area contributed by atoms with Crippen LogP contribution in [0.3, 0.4) is 0 Å². The highest BCUT2D eigenvalue weighted by molar-refractivity contribution is 7.80. The second-order valence-corrected chi connectivity index (χ2v) is 4.49. The number of nitrogens with two attached hydrogens (primary N) is 1. The topological polar surface area (TPSA) is 40.2 Å². The van der Waals surface area contributed by atoms with E-state index in [4.69, 9.17) is 22.7 Å². The minimum atomic E-state index is 0.524.